The summed E-state index contributed by atoms with van der Waals surface area (Å²) in [5.41, 5.74) is 15.4. The van der Waals surface area contributed by atoms with E-state index in [2.05, 4.69) is 160 Å². The van der Waals surface area contributed by atoms with Crippen LogP contribution < -0.4 is 4.57 Å². The number of nitrogens with zero attached hydrogens (tertiary/aromatic N) is 3. The van der Waals surface area contributed by atoms with Crippen LogP contribution in [0, 0.1) is 0 Å². The molecule has 8 bridgehead atoms. The van der Waals surface area contributed by atoms with Crippen LogP contribution in [0.2, 0.25) is 0 Å². The fourth-order valence-corrected chi connectivity index (χ4v) is 10.0. The molecule has 0 spiro atoms. The number of H-pyrrole nitrogens is 2. The molecular weight excluding hydrogens is 811 g/mol. The molecule has 0 unspecified atom stereocenters. The van der Waals surface area contributed by atoms with Crippen molar-refractivity contribution in [1.82, 2.24) is 19.9 Å². The summed E-state index contributed by atoms with van der Waals surface area (Å²) in [7, 11) is 0. The second-order valence-corrected chi connectivity index (χ2v) is 18.1. The Morgan fingerprint density at radius 3 is 1.35 bits per heavy atom. The average Bonchev–Trinajstić information content (AvgIpc) is 4.18. The highest BCUT2D eigenvalue weighted by Crippen LogP contribution is 2.45. The van der Waals surface area contributed by atoms with E-state index in [1.165, 1.54) is 0 Å². The molecule has 9 heterocycles. The van der Waals surface area contributed by atoms with Gasteiger partial charge in [0.15, 0.2) is 36.8 Å². The quantitative estimate of drug-likeness (QED) is 0.160. The monoisotopic (exact) mass is 858 g/mol. The third-order valence-electron chi connectivity index (χ3n) is 12.8. The van der Waals surface area contributed by atoms with E-state index in [0.717, 1.165) is 89.4 Å². The Morgan fingerprint density at radius 1 is 0.446 bits per heavy atom. The van der Waals surface area contributed by atoms with Crippen LogP contribution >= 0.6 is 0 Å². The number of aromatic amines is 2. The molecule has 0 aliphatic carbocycles. The van der Waals surface area contributed by atoms with Crippen molar-refractivity contribution >= 4 is 46.4 Å². The first-order valence-corrected chi connectivity index (χ1v) is 22.3. The maximum Gasteiger partial charge on any atom is 0.190 e. The van der Waals surface area contributed by atoms with E-state index in [-0.39, 0.29) is 24.4 Å². The van der Waals surface area contributed by atoms with E-state index in [9.17, 15) is 0 Å². The fourth-order valence-electron chi connectivity index (χ4n) is 10.0. The van der Waals surface area contributed by atoms with Gasteiger partial charge in [0, 0.05) is 56.5 Å². The second-order valence-electron chi connectivity index (χ2n) is 18.1. The summed E-state index contributed by atoms with van der Waals surface area (Å²) in [4.78, 5) is 18.5. The topological polar surface area (TPSA) is 107 Å². The van der Waals surface area contributed by atoms with Crippen molar-refractivity contribution in [3.05, 3.63) is 163 Å². The highest BCUT2D eigenvalue weighted by Gasteiger charge is 2.61. The van der Waals surface area contributed by atoms with Gasteiger partial charge >= 0.3 is 0 Å². The van der Waals surface area contributed by atoms with Crippen LogP contribution in [0.4, 0.5) is 0 Å². The fraction of sp³-hybridized carbons (Fsp3) is 0.218. The zero-order valence-electron chi connectivity index (χ0n) is 36.6. The lowest BCUT2D eigenvalue weighted by Crippen LogP contribution is -2.58. The molecule has 3 fully saturated rings. The number of ether oxygens (including phenoxy) is 5. The Bertz CT molecular complexity index is 3060. The Hall–Kier alpha value is -6.79. The van der Waals surface area contributed by atoms with Crippen LogP contribution in [0.15, 0.2) is 140 Å². The lowest BCUT2D eigenvalue weighted by Gasteiger charge is -2.35. The molecule has 7 aromatic rings. The van der Waals surface area contributed by atoms with Gasteiger partial charge in [-0.05, 0) is 98.5 Å². The molecule has 2 N–H and O–H groups in total. The lowest BCUT2D eigenvalue weighted by molar-refractivity contribution is -0.706. The van der Waals surface area contributed by atoms with Gasteiger partial charge in [-0.2, -0.15) is 0 Å². The average molecular weight is 859 g/mol. The van der Waals surface area contributed by atoms with Crippen molar-refractivity contribution in [2.45, 2.75) is 76.5 Å². The molecule has 10 heteroatoms. The normalized spacial score (nSPS) is 22.5. The molecule has 5 atom stereocenters. The highest BCUT2D eigenvalue weighted by atomic mass is 16.9. The molecule has 3 saturated heterocycles. The molecule has 0 saturated carbocycles. The maximum absolute atomic E-state index is 6.59. The van der Waals surface area contributed by atoms with Crippen molar-refractivity contribution < 1.29 is 28.3 Å². The van der Waals surface area contributed by atoms with Crippen molar-refractivity contribution in [3.63, 3.8) is 0 Å². The first kappa shape index (κ1) is 39.8. The number of fused-ring (bicyclic) bond motifs is 11. The van der Waals surface area contributed by atoms with Crippen LogP contribution in [0.3, 0.4) is 0 Å². The van der Waals surface area contributed by atoms with Gasteiger partial charge in [0.1, 0.15) is 24.4 Å². The summed E-state index contributed by atoms with van der Waals surface area (Å²) in [6.45, 7) is 8.22. The molecule has 4 aromatic heterocycles. The van der Waals surface area contributed by atoms with Crippen LogP contribution in [-0.2, 0) is 30.2 Å². The van der Waals surface area contributed by atoms with Crippen molar-refractivity contribution in [3.8, 4) is 44.5 Å². The smallest absolute Gasteiger partial charge is 0.190 e. The van der Waals surface area contributed by atoms with E-state index in [4.69, 9.17) is 33.7 Å². The zero-order chi connectivity index (χ0) is 43.9. The predicted molar refractivity (Wildman–Crippen MR) is 253 cm³/mol. The molecule has 3 aromatic carbocycles. The molecule has 12 rings (SSSR count). The molecule has 5 aliphatic rings. The molecule has 0 radical (unpaired) electrons. The Kier molecular flexibility index (Phi) is 9.45. The Morgan fingerprint density at radius 2 is 0.846 bits per heavy atom. The van der Waals surface area contributed by atoms with Crippen molar-refractivity contribution in [1.29, 1.82) is 0 Å². The zero-order valence-corrected chi connectivity index (χ0v) is 36.6. The summed E-state index contributed by atoms with van der Waals surface area (Å²) in [6, 6.07) is 44.4. The number of benzene rings is 3. The van der Waals surface area contributed by atoms with Crippen LogP contribution in [0.25, 0.3) is 90.9 Å². The number of hydrogen-bond donors (Lipinski definition) is 2. The van der Waals surface area contributed by atoms with E-state index in [1.807, 2.05) is 45.9 Å². The third-order valence-corrected chi connectivity index (χ3v) is 12.8. The second kappa shape index (κ2) is 15.4. The molecular formula is C55H48N5O5+. The number of rotatable bonds is 6. The largest absolute Gasteiger partial charge is 0.354 e. The third kappa shape index (κ3) is 7.24. The van der Waals surface area contributed by atoms with E-state index < -0.39 is 17.9 Å². The summed E-state index contributed by atoms with van der Waals surface area (Å²) in [6.07, 6.45) is 10.8. The van der Waals surface area contributed by atoms with Gasteiger partial charge in [0.25, 0.3) is 0 Å². The summed E-state index contributed by atoms with van der Waals surface area (Å²) in [5.74, 6) is -1.56. The minimum Gasteiger partial charge on any atom is -0.354 e. The maximum atomic E-state index is 6.59. The predicted octanol–water partition coefficient (Wildman–Crippen LogP) is 11.0. The summed E-state index contributed by atoms with van der Waals surface area (Å²) >= 11 is 0. The van der Waals surface area contributed by atoms with E-state index in [0.29, 0.717) is 6.54 Å². The van der Waals surface area contributed by atoms with E-state index in [1.54, 1.807) is 0 Å². The number of aromatic nitrogens is 5. The Balaban J connectivity index is 1.05. The van der Waals surface area contributed by atoms with Gasteiger partial charge in [-0.15, -0.1) is 0 Å². The van der Waals surface area contributed by atoms with E-state index >= 15 is 0 Å². The standard InChI is InChI=1S/C55H47N5O5/c1-54(2)62-50-45(61-53-52(51(50)63-54)64-55(3,4)65-53)32-60-30-28-36(29-31-60)49-43-26-24-41(58-43)47(34-16-10-6-11-17-34)39-22-20-37(56-39)46(33-14-8-5-9-15-33)38-21-23-40(57-38)48(35-18-12-7-13-19-35)42-25-27-44(49)59-42/h5-31,45,50-53H,32H2,1-4H3,(H,56,57,58,59)/p+1/t45-,50+,51+,52-,53-/m1/s1. The molecule has 5 aliphatic heterocycles. The minimum atomic E-state index is -0.786. The lowest BCUT2D eigenvalue weighted by atomic mass is 9.98. The first-order chi connectivity index (χ1) is 31.6. The van der Waals surface area contributed by atoms with Gasteiger partial charge in [-0.1, -0.05) is 91.0 Å². The molecule has 65 heavy (non-hydrogen) atoms. The van der Waals surface area contributed by atoms with Gasteiger partial charge in [-0.3, -0.25) is 0 Å². The highest BCUT2D eigenvalue weighted by molar-refractivity contribution is 6.00. The molecule has 322 valence electrons. The van der Waals surface area contributed by atoms with Gasteiger partial charge in [0.05, 0.1) is 22.8 Å². The number of hydrogen-bond acceptors (Lipinski definition) is 7. The number of pyridine rings is 1. The van der Waals surface area contributed by atoms with Gasteiger partial charge in [0.2, 0.25) is 0 Å². The number of nitrogens with one attached hydrogen (secondary N) is 2. The van der Waals surface area contributed by atoms with Crippen molar-refractivity contribution in [2.75, 3.05) is 0 Å². The summed E-state index contributed by atoms with van der Waals surface area (Å²) < 4.78 is 34.1. The van der Waals surface area contributed by atoms with Crippen LogP contribution in [0.1, 0.15) is 50.5 Å². The van der Waals surface area contributed by atoms with Gasteiger partial charge < -0.3 is 33.7 Å². The minimum absolute atomic E-state index is 0.321. The Labute approximate surface area is 376 Å². The molecule has 10 nitrogen and oxygen atoms in total. The molecule has 0 amide bonds. The van der Waals surface area contributed by atoms with Crippen molar-refractivity contribution in [2.24, 2.45) is 0 Å². The first-order valence-electron chi connectivity index (χ1n) is 22.3. The summed E-state index contributed by atoms with van der Waals surface area (Å²) in [5, 5.41) is 0. The SMILES string of the molecule is CC1(C)O[C@H]2[C@@H](O1)[C@@H](C[n+]1ccc(-c3c4ccc([nH]4)c(-c4ccccc4)c4nc(c(-c5ccccc5)c5nc(c(-c6ccccc6)c6ccc3[nH]6)C=C5)C=C4)cc1)O[C@@H]1OC(C)(C)O[C@@H]12. The van der Waals surface area contributed by atoms with Gasteiger partial charge in [-0.25, -0.2) is 14.5 Å². The van der Waals surface area contributed by atoms with Crippen LogP contribution in [-0.4, -0.2) is 62.2 Å². The van der Waals surface area contributed by atoms with Crippen LogP contribution in [0.5, 0.6) is 0 Å².